The molecule has 0 bridgehead atoms. The second-order valence-corrected chi connectivity index (χ2v) is 7.13. The minimum absolute atomic E-state index is 0.447. The van der Waals surface area contributed by atoms with E-state index in [-0.39, 0.29) is 0 Å². The zero-order chi connectivity index (χ0) is 24.5. The highest BCUT2D eigenvalue weighted by Crippen LogP contribution is 2.31. The molecule has 2 aromatic carbocycles. The summed E-state index contributed by atoms with van der Waals surface area (Å²) in [5, 5.41) is 0. The van der Waals surface area contributed by atoms with Crippen LogP contribution in [0.3, 0.4) is 0 Å². The van der Waals surface area contributed by atoms with Gasteiger partial charge in [0.15, 0.2) is 11.5 Å². The largest absolute Gasteiger partial charge is 0.383 e. The molecule has 0 radical (unpaired) electrons. The summed E-state index contributed by atoms with van der Waals surface area (Å²) < 4.78 is 2.06. The van der Waals surface area contributed by atoms with Crippen LogP contribution in [-0.4, -0.2) is 19.5 Å². The number of nitrogens with two attached hydrogens (primary N) is 1. The van der Waals surface area contributed by atoms with Crippen molar-refractivity contribution in [2.45, 2.75) is 41.0 Å². The number of nitrogens with zero attached hydrogens (tertiary/aromatic N) is 4. The van der Waals surface area contributed by atoms with Crippen molar-refractivity contribution in [3.63, 3.8) is 0 Å². The quantitative estimate of drug-likeness (QED) is 0.310. The number of hydrogen-bond acceptors (Lipinski definition) is 4. The fraction of sp³-hybridized carbons (Fsp3) is 0.207. The topological polar surface area (TPSA) is 69.6 Å². The lowest BCUT2D eigenvalue weighted by Crippen LogP contribution is -2.02. The van der Waals surface area contributed by atoms with Crippen LogP contribution in [-0.2, 0) is 6.42 Å². The van der Waals surface area contributed by atoms with Gasteiger partial charge in [0.2, 0.25) is 0 Å². The summed E-state index contributed by atoms with van der Waals surface area (Å²) in [6.45, 7) is 10.1. The van der Waals surface area contributed by atoms with Crippen molar-refractivity contribution in [3.05, 3.63) is 90.6 Å². The maximum Gasteiger partial charge on any atom is 0.165 e. The Labute approximate surface area is 202 Å². The van der Waals surface area contributed by atoms with E-state index in [1.807, 2.05) is 70.2 Å². The van der Waals surface area contributed by atoms with Gasteiger partial charge in [-0.2, -0.15) is 0 Å². The molecule has 0 unspecified atom stereocenters. The van der Waals surface area contributed by atoms with Crippen LogP contribution in [0.1, 0.15) is 40.2 Å². The third kappa shape index (κ3) is 4.99. The maximum atomic E-state index is 6.20. The van der Waals surface area contributed by atoms with Gasteiger partial charge in [-0.3, -0.25) is 4.57 Å². The molecule has 0 saturated carbocycles. The Morgan fingerprint density at radius 1 is 0.765 bits per heavy atom. The molecule has 3 aromatic heterocycles. The molecule has 0 aliphatic rings. The van der Waals surface area contributed by atoms with Crippen LogP contribution in [0.15, 0.2) is 85.1 Å². The Hall–Kier alpha value is -3.99. The predicted molar refractivity (Wildman–Crippen MR) is 144 cm³/mol. The third-order valence-corrected chi connectivity index (χ3v) is 5.26. The number of imidazole rings is 1. The van der Waals surface area contributed by atoms with Crippen LogP contribution in [0.4, 0.5) is 5.82 Å². The first-order valence-electron chi connectivity index (χ1n) is 12.0. The molecule has 0 saturated heterocycles. The monoisotopic (exact) mass is 451 g/mol. The van der Waals surface area contributed by atoms with Gasteiger partial charge in [-0.25, -0.2) is 15.0 Å². The second kappa shape index (κ2) is 11.8. The summed E-state index contributed by atoms with van der Waals surface area (Å²) in [6.07, 6.45) is 2.68. The Morgan fingerprint density at radius 3 is 2.12 bits per heavy atom. The Kier molecular flexibility index (Phi) is 8.52. The predicted octanol–water partition coefficient (Wildman–Crippen LogP) is 7.35. The zero-order valence-corrected chi connectivity index (χ0v) is 20.7. The molecule has 5 aromatic rings. The van der Waals surface area contributed by atoms with E-state index >= 15 is 0 Å². The number of fused-ring (bicyclic) bond motifs is 1. The van der Waals surface area contributed by atoms with Crippen molar-refractivity contribution in [1.29, 1.82) is 0 Å². The van der Waals surface area contributed by atoms with E-state index in [0.29, 0.717) is 5.82 Å². The highest BCUT2D eigenvalue weighted by atomic mass is 15.1. The molecule has 0 aliphatic heterocycles. The molecule has 34 heavy (non-hydrogen) atoms. The van der Waals surface area contributed by atoms with Gasteiger partial charge in [0.05, 0.1) is 11.3 Å². The van der Waals surface area contributed by atoms with E-state index in [1.165, 1.54) is 5.56 Å². The molecule has 0 amide bonds. The molecule has 5 nitrogen and oxygen atoms in total. The lowest BCUT2D eigenvalue weighted by molar-refractivity contribution is 1.06. The number of nitrogen functional groups attached to an aromatic ring is 1. The minimum Gasteiger partial charge on any atom is -0.383 e. The van der Waals surface area contributed by atoms with Crippen molar-refractivity contribution >= 4 is 17.0 Å². The average Bonchev–Trinajstić information content (AvgIpc) is 3.30. The summed E-state index contributed by atoms with van der Waals surface area (Å²) in [5.41, 5.74) is 12.8. The standard InChI is InChI=1S/C25H21N5.2C2H6/c1-2-17-10-12-19(13-11-17)30-24(20-9-6-16-27-23(20)26)29-22-15-14-21(28-25(22)30)18-7-4-3-5-8-18;2*1-2/h3-16H,2H2,1H3,(H2,26,27);2*1-2H3. The lowest BCUT2D eigenvalue weighted by atomic mass is 10.1. The van der Waals surface area contributed by atoms with Crippen molar-refractivity contribution in [2.24, 2.45) is 0 Å². The van der Waals surface area contributed by atoms with E-state index < -0.39 is 0 Å². The van der Waals surface area contributed by atoms with Crippen molar-refractivity contribution in [1.82, 2.24) is 19.5 Å². The number of hydrogen-bond donors (Lipinski definition) is 1. The summed E-state index contributed by atoms with van der Waals surface area (Å²) >= 11 is 0. The van der Waals surface area contributed by atoms with E-state index in [4.69, 9.17) is 15.7 Å². The van der Waals surface area contributed by atoms with Crippen molar-refractivity contribution < 1.29 is 0 Å². The van der Waals surface area contributed by atoms with Gasteiger partial charge in [0.25, 0.3) is 0 Å². The minimum atomic E-state index is 0.447. The van der Waals surface area contributed by atoms with Gasteiger partial charge < -0.3 is 5.73 Å². The highest BCUT2D eigenvalue weighted by Gasteiger charge is 2.18. The summed E-state index contributed by atoms with van der Waals surface area (Å²) in [5.74, 6) is 1.18. The Bertz CT molecular complexity index is 1320. The van der Waals surface area contributed by atoms with E-state index in [9.17, 15) is 0 Å². The van der Waals surface area contributed by atoms with E-state index in [2.05, 4.69) is 52.9 Å². The van der Waals surface area contributed by atoms with Gasteiger partial charge in [-0.05, 0) is 48.4 Å². The number of aryl methyl sites for hydroxylation is 1. The molecule has 0 atom stereocenters. The number of aromatic nitrogens is 4. The van der Waals surface area contributed by atoms with E-state index in [1.54, 1.807) is 6.20 Å². The van der Waals surface area contributed by atoms with Gasteiger partial charge in [0, 0.05) is 17.4 Å². The fourth-order valence-corrected chi connectivity index (χ4v) is 3.64. The SMILES string of the molecule is CC.CC.CCc1ccc(-n2c(-c3cccnc3N)nc3ccc(-c4ccccc4)nc32)cc1. The maximum absolute atomic E-state index is 6.20. The van der Waals surface area contributed by atoms with Crippen LogP contribution in [0.5, 0.6) is 0 Å². The van der Waals surface area contributed by atoms with Crippen molar-refractivity contribution in [2.75, 3.05) is 5.73 Å². The van der Waals surface area contributed by atoms with Crippen LogP contribution in [0.25, 0.3) is 39.5 Å². The van der Waals surface area contributed by atoms with Gasteiger partial charge >= 0.3 is 0 Å². The van der Waals surface area contributed by atoms with Gasteiger partial charge in [-0.1, -0.05) is 77.1 Å². The molecule has 3 heterocycles. The summed E-state index contributed by atoms with van der Waals surface area (Å²) in [4.78, 5) is 14.1. The smallest absolute Gasteiger partial charge is 0.165 e. The molecular formula is C29H33N5. The fourth-order valence-electron chi connectivity index (χ4n) is 3.64. The van der Waals surface area contributed by atoms with Crippen LogP contribution in [0, 0.1) is 0 Å². The molecule has 0 spiro atoms. The van der Waals surface area contributed by atoms with Crippen LogP contribution >= 0.6 is 0 Å². The summed E-state index contributed by atoms with van der Waals surface area (Å²) in [6, 6.07) is 26.5. The Morgan fingerprint density at radius 2 is 1.47 bits per heavy atom. The molecule has 174 valence electrons. The second-order valence-electron chi connectivity index (χ2n) is 7.13. The van der Waals surface area contributed by atoms with E-state index in [0.717, 1.165) is 45.9 Å². The third-order valence-electron chi connectivity index (χ3n) is 5.26. The van der Waals surface area contributed by atoms with Crippen LogP contribution < -0.4 is 5.73 Å². The molecule has 2 N–H and O–H groups in total. The normalized spacial score (nSPS) is 10.1. The molecule has 5 heteroatoms. The molecular weight excluding hydrogens is 418 g/mol. The Balaban J connectivity index is 0.000000771. The number of pyridine rings is 2. The summed E-state index contributed by atoms with van der Waals surface area (Å²) in [7, 11) is 0. The molecule has 0 fully saturated rings. The van der Waals surface area contributed by atoms with Gasteiger partial charge in [0.1, 0.15) is 11.3 Å². The first-order chi connectivity index (χ1) is 16.7. The molecule has 5 rings (SSSR count). The first kappa shape index (κ1) is 24.6. The lowest BCUT2D eigenvalue weighted by Gasteiger charge is -2.11. The highest BCUT2D eigenvalue weighted by molar-refractivity contribution is 5.84. The van der Waals surface area contributed by atoms with Gasteiger partial charge in [-0.15, -0.1) is 0 Å². The molecule has 0 aliphatic carbocycles. The van der Waals surface area contributed by atoms with Crippen molar-refractivity contribution in [3.8, 4) is 28.3 Å². The zero-order valence-electron chi connectivity index (χ0n) is 20.7. The van der Waals surface area contributed by atoms with Crippen LogP contribution in [0.2, 0.25) is 0 Å². The number of rotatable bonds is 4. The number of anilines is 1. The average molecular weight is 452 g/mol. The first-order valence-corrected chi connectivity index (χ1v) is 12.0. The number of benzene rings is 2.